The van der Waals surface area contributed by atoms with Crippen LogP contribution in [0.2, 0.25) is 0 Å². The number of hydrazine groups is 1. The van der Waals surface area contributed by atoms with Crippen molar-refractivity contribution in [1.29, 1.82) is 0 Å². The minimum Gasteiger partial charge on any atom is -0.294 e. The second-order valence-corrected chi connectivity index (χ2v) is 4.62. The topological polar surface area (TPSA) is 55.1 Å². The number of ketones is 1. The third-order valence-corrected chi connectivity index (χ3v) is 2.24. The molecule has 0 heterocycles. The van der Waals surface area contributed by atoms with Gasteiger partial charge < -0.3 is 0 Å². The summed E-state index contributed by atoms with van der Waals surface area (Å²) in [6, 6.07) is 7.55. The van der Waals surface area contributed by atoms with Crippen LogP contribution in [0, 0.1) is 5.41 Å². The zero-order valence-electron chi connectivity index (χ0n) is 9.50. The van der Waals surface area contributed by atoms with E-state index in [1.807, 2.05) is 45.0 Å². The third kappa shape index (κ3) is 2.88. The molecule has 1 aromatic rings. The molecule has 0 atom stereocenters. The van der Waals surface area contributed by atoms with Gasteiger partial charge in [0.25, 0.3) is 0 Å². The van der Waals surface area contributed by atoms with Crippen LogP contribution in [0.4, 0.5) is 0 Å². The summed E-state index contributed by atoms with van der Waals surface area (Å²) in [4.78, 5) is 12.1. The van der Waals surface area contributed by atoms with Crippen molar-refractivity contribution in [3.63, 3.8) is 0 Å². The predicted octanol–water partition coefficient (Wildman–Crippen LogP) is 1.88. The highest BCUT2D eigenvalue weighted by atomic mass is 16.1. The molecule has 1 aromatic carbocycles. The van der Waals surface area contributed by atoms with Gasteiger partial charge in [-0.05, 0) is 5.56 Å². The Morgan fingerprint density at radius 2 is 1.93 bits per heavy atom. The monoisotopic (exact) mass is 206 g/mol. The molecule has 0 aromatic heterocycles. The van der Waals surface area contributed by atoms with Crippen LogP contribution in [-0.2, 0) is 6.54 Å². The number of benzene rings is 1. The van der Waals surface area contributed by atoms with Crippen LogP contribution in [0.3, 0.4) is 0 Å². The van der Waals surface area contributed by atoms with Crippen LogP contribution in [0.5, 0.6) is 0 Å². The van der Waals surface area contributed by atoms with Crippen molar-refractivity contribution >= 4 is 5.78 Å². The lowest BCUT2D eigenvalue weighted by molar-refractivity contribution is 0.0857. The SMILES string of the molecule is CC(C)(C)C(=O)c1ccccc1CNN. The number of nitrogens with two attached hydrogens (primary N) is 1. The first-order valence-corrected chi connectivity index (χ1v) is 5.03. The van der Waals surface area contributed by atoms with E-state index < -0.39 is 0 Å². The van der Waals surface area contributed by atoms with Gasteiger partial charge in [-0.25, -0.2) is 0 Å². The minimum atomic E-state index is -0.356. The zero-order valence-corrected chi connectivity index (χ0v) is 9.50. The van der Waals surface area contributed by atoms with E-state index in [0.29, 0.717) is 6.54 Å². The van der Waals surface area contributed by atoms with Gasteiger partial charge in [0.05, 0.1) is 0 Å². The van der Waals surface area contributed by atoms with Gasteiger partial charge in [0.1, 0.15) is 0 Å². The molecule has 0 radical (unpaired) electrons. The summed E-state index contributed by atoms with van der Waals surface area (Å²) in [5.74, 6) is 5.42. The Hall–Kier alpha value is -1.19. The van der Waals surface area contributed by atoms with Crippen molar-refractivity contribution in [1.82, 2.24) is 5.43 Å². The van der Waals surface area contributed by atoms with Gasteiger partial charge in [0.2, 0.25) is 0 Å². The molecule has 3 heteroatoms. The molecule has 1 rings (SSSR count). The summed E-state index contributed by atoms with van der Waals surface area (Å²) in [6.07, 6.45) is 0. The van der Waals surface area contributed by atoms with Gasteiger partial charge in [0.15, 0.2) is 5.78 Å². The summed E-state index contributed by atoms with van der Waals surface area (Å²) in [7, 11) is 0. The van der Waals surface area contributed by atoms with Gasteiger partial charge in [-0.1, -0.05) is 45.0 Å². The second kappa shape index (κ2) is 4.55. The molecule has 0 bridgehead atoms. The van der Waals surface area contributed by atoms with E-state index in [0.717, 1.165) is 11.1 Å². The van der Waals surface area contributed by atoms with E-state index in [1.54, 1.807) is 0 Å². The molecule has 82 valence electrons. The quantitative estimate of drug-likeness (QED) is 0.451. The van der Waals surface area contributed by atoms with E-state index in [1.165, 1.54) is 0 Å². The molecule has 3 nitrogen and oxygen atoms in total. The first kappa shape index (κ1) is 11.9. The summed E-state index contributed by atoms with van der Waals surface area (Å²) in [6.45, 7) is 6.27. The number of carbonyl (C=O) groups excluding carboxylic acids is 1. The van der Waals surface area contributed by atoms with Crippen molar-refractivity contribution in [2.45, 2.75) is 27.3 Å². The molecule has 0 aliphatic carbocycles. The first-order valence-electron chi connectivity index (χ1n) is 5.03. The molecule has 0 amide bonds. The molecular weight excluding hydrogens is 188 g/mol. The Labute approximate surface area is 90.6 Å². The van der Waals surface area contributed by atoms with Crippen molar-refractivity contribution in [3.05, 3.63) is 35.4 Å². The Bertz CT molecular complexity index is 353. The minimum absolute atomic E-state index is 0.147. The fraction of sp³-hybridized carbons (Fsp3) is 0.417. The van der Waals surface area contributed by atoms with Crippen LogP contribution >= 0.6 is 0 Å². The second-order valence-electron chi connectivity index (χ2n) is 4.62. The molecule has 0 saturated heterocycles. The van der Waals surface area contributed by atoms with Crippen LogP contribution < -0.4 is 11.3 Å². The lowest BCUT2D eigenvalue weighted by atomic mass is 9.85. The summed E-state index contributed by atoms with van der Waals surface area (Å²) >= 11 is 0. The van der Waals surface area contributed by atoms with Crippen molar-refractivity contribution in [2.24, 2.45) is 11.3 Å². The average molecular weight is 206 g/mol. The van der Waals surface area contributed by atoms with Crippen LogP contribution in [0.15, 0.2) is 24.3 Å². The van der Waals surface area contributed by atoms with E-state index in [4.69, 9.17) is 5.84 Å². The van der Waals surface area contributed by atoms with E-state index in [-0.39, 0.29) is 11.2 Å². The summed E-state index contributed by atoms with van der Waals surface area (Å²) in [5, 5.41) is 0. The molecule has 0 unspecified atom stereocenters. The molecule has 0 saturated carbocycles. The number of carbonyl (C=O) groups is 1. The van der Waals surface area contributed by atoms with Gasteiger partial charge in [0, 0.05) is 17.5 Å². The first-order chi connectivity index (χ1) is 6.96. The number of hydrogen-bond donors (Lipinski definition) is 2. The molecule has 15 heavy (non-hydrogen) atoms. The molecule has 0 aliphatic rings. The largest absolute Gasteiger partial charge is 0.294 e. The fourth-order valence-corrected chi connectivity index (χ4v) is 1.41. The van der Waals surface area contributed by atoms with E-state index in [9.17, 15) is 4.79 Å². The van der Waals surface area contributed by atoms with Crippen molar-refractivity contribution in [2.75, 3.05) is 0 Å². The lowest BCUT2D eigenvalue weighted by Gasteiger charge is -2.18. The Morgan fingerprint density at radius 1 is 1.33 bits per heavy atom. The summed E-state index contributed by atoms with van der Waals surface area (Å²) < 4.78 is 0. The maximum Gasteiger partial charge on any atom is 0.168 e. The molecule has 0 aliphatic heterocycles. The average Bonchev–Trinajstić information content (AvgIpc) is 2.17. The van der Waals surface area contributed by atoms with Gasteiger partial charge >= 0.3 is 0 Å². The molecule has 0 spiro atoms. The Morgan fingerprint density at radius 3 is 2.47 bits per heavy atom. The van der Waals surface area contributed by atoms with Crippen molar-refractivity contribution in [3.8, 4) is 0 Å². The Balaban J connectivity index is 3.08. The maximum atomic E-state index is 12.1. The van der Waals surface area contributed by atoms with Crippen LogP contribution in [0.1, 0.15) is 36.7 Å². The molecule has 0 fully saturated rings. The maximum absolute atomic E-state index is 12.1. The Kier molecular flexibility index (Phi) is 3.61. The fourth-order valence-electron chi connectivity index (χ4n) is 1.41. The predicted molar refractivity (Wildman–Crippen MR) is 61.3 cm³/mol. The van der Waals surface area contributed by atoms with Gasteiger partial charge in [-0.15, -0.1) is 0 Å². The van der Waals surface area contributed by atoms with Crippen LogP contribution in [0.25, 0.3) is 0 Å². The van der Waals surface area contributed by atoms with E-state index in [2.05, 4.69) is 5.43 Å². The number of Topliss-reactive ketones (excluding diaryl/α,β-unsaturated/α-hetero) is 1. The van der Waals surface area contributed by atoms with Gasteiger partial charge in [-0.3, -0.25) is 16.1 Å². The third-order valence-electron chi connectivity index (χ3n) is 2.24. The highest BCUT2D eigenvalue weighted by Crippen LogP contribution is 2.22. The highest BCUT2D eigenvalue weighted by molar-refractivity contribution is 6.01. The normalized spacial score (nSPS) is 11.5. The number of hydrogen-bond acceptors (Lipinski definition) is 3. The van der Waals surface area contributed by atoms with Gasteiger partial charge in [-0.2, -0.15) is 0 Å². The van der Waals surface area contributed by atoms with Crippen molar-refractivity contribution < 1.29 is 4.79 Å². The standard InChI is InChI=1S/C12H18N2O/c1-12(2,3)11(15)10-7-5-4-6-9(10)8-14-13/h4-7,14H,8,13H2,1-3H3. The lowest BCUT2D eigenvalue weighted by Crippen LogP contribution is -2.25. The number of rotatable bonds is 3. The molecule has 3 N–H and O–H groups in total. The smallest absolute Gasteiger partial charge is 0.168 e. The highest BCUT2D eigenvalue weighted by Gasteiger charge is 2.24. The summed E-state index contributed by atoms with van der Waals surface area (Å²) in [5.41, 5.74) is 3.92. The number of nitrogens with one attached hydrogen (secondary N) is 1. The molecular formula is C12H18N2O. The van der Waals surface area contributed by atoms with Crippen LogP contribution in [-0.4, -0.2) is 5.78 Å². The van der Waals surface area contributed by atoms with E-state index >= 15 is 0 Å². The zero-order chi connectivity index (χ0) is 11.5.